The monoisotopic (exact) mass is 543 g/mol. The number of hydrogen-bond donors (Lipinski definition) is 3. The maximum atomic E-state index is 13.3. The smallest absolute Gasteiger partial charge is 0.322 e. The van der Waals surface area contributed by atoms with E-state index in [0.29, 0.717) is 28.3 Å². The molecule has 3 aromatic heterocycles. The van der Waals surface area contributed by atoms with Gasteiger partial charge in [-0.25, -0.2) is 4.98 Å². The number of hydrogen-bond acceptors (Lipinski definition) is 6. The van der Waals surface area contributed by atoms with E-state index >= 15 is 0 Å². The summed E-state index contributed by atoms with van der Waals surface area (Å²) in [6.07, 6.45) is -2.87. The molecule has 0 spiro atoms. The van der Waals surface area contributed by atoms with E-state index in [1.54, 1.807) is 28.7 Å². The predicted molar refractivity (Wildman–Crippen MR) is 135 cm³/mol. The number of aromatic amines is 1. The summed E-state index contributed by atoms with van der Waals surface area (Å²) < 4.78 is 41.7. The second-order valence-electron chi connectivity index (χ2n) is 7.90. The number of nitrogens with one attached hydrogen (secondary N) is 3. The lowest BCUT2D eigenvalue weighted by atomic mass is 10.1. The van der Waals surface area contributed by atoms with Gasteiger partial charge in [0.1, 0.15) is 5.65 Å². The van der Waals surface area contributed by atoms with Gasteiger partial charge in [-0.15, -0.1) is 0 Å². The maximum absolute atomic E-state index is 13.3. The van der Waals surface area contributed by atoms with Crippen molar-refractivity contribution >= 4 is 52.4 Å². The molecule has 5 aromatic rings. The number of H-pyrrole nitrogens is 1. The molecule has 0 saturated heterocycles. The van der Waals surface area contributed by atoms with Crippen LogP contribution in [0.5, 0.6) is 0 Å². The molecule has 3 N–H and O–H groups in total. The lowest BCUT2D eigenvalue weighted by Gasteiger charge is -2.13. The molecule has 0 bridgehead atoms. The lowest BCUT2D eigenvalue weighted by molar-refractivity contribution is -0.137. The Morgan fingerprint density at radius 3 is 2.57 bits per heavy atom. The SMILES string of the molecule is Cc1cc(Nc2nc(Sc3ccc(NC(=O)c4cc(Cl)ccc4C(F)(F)F)cc3)nc3cccn23)n[nH]1. The van der Waals surface area contributed by atoms with Gasteiger partial charge in [0.2, 0.25) is 5.95 Å². The van der Waals surface area contributed by atoms with Crippen LogP contribution in [0.1, 0.15) is 21.6 Å². The van der Waals surface area contributed by atoms with E-state index in [1.807, 2.05) is 31.3 Å². The third kappa shape index (κ3) is 5.54. The first-order valence-corrected chi connectivity index (χ1v) is 12.0. The summed E-state index contributed by atoms with van der Waals surface area (Å²) in [6, 6.07) is 15.0. The van der Waals surface area contributed by atoms with Crippen molar-refractivity contribution in [3.05, 3.63) is 88.7 Å². The van der Waals surface area contributed by atoms with Crippen LogP contribution in [0.15, 0.2) is 76.9 Å². The summed E-state index contributed by atoms with van der Waals surface area (Å²) in [5.74, 6) is 0.215. The highest BCUT2D eigenvalue weighted by Crippen LogP contribution is 2.34. The van der Waals surface area contributed by atoms with Gasteiger partial charge >= 0.3 is 6.18 Å². The number of rotatable bonds is 6. The number of carbonyl (C=O) groups is 1. The molecule has 0 aliphatic heterocycles. The van der Waals surface area contributed by atoms with E-state index in [0.717, 1.165) is 28.8 Å². The van der Waals surface area contributed by atoms with Crippen molar-refractivity contribution in [2.24, 2.45) is 0 Å². The maximum Gasteiger partial charge on any atom is 0.417 e. The fourth-order valence-electron chi connectivity index (χ4n) is 3.50. The predicted octanol–water partition coefficient (Wildman–Crippen LogP) is 6.58. The van der Waals surface area contributed by atoms with Crippen LogP contribution >= 0.6 is 23.4 Å². The molecular weight excluding hydrogens is 527 g/mol. The van der Waals surface area contributed by atoms with Crippen molar-refractivity contribution in [1.82, 2.24) is 24.6 Å². The highest BCUT2D eigenvalue weighted by atomic mass is 35.5. The van der Waals surface area contributed by atoms with Gasteiger partial charge in [-0.2, -0.15) is 23.3 Å². The Labute approximate surface area is 217 Å². The van der Waals surface area contributed by atoms with Crippen molar-refractivity contribution < 1.29 is 18.0 Å². The van der Waals surface area contributed by atoms with Gasteiger partial charge in [-0.05, 0) is 73.3 Å². The minimum absolute atomic E-state index is 0.0288. The Hall–Kier alpha value is -4.03. The van der Waals surface area contributed by atoms with E-state index < -0.39 is 23.2 Å². The Bertz CT molecular complexity index is 1600. The van der Waals surface area contributed by atoms with Crippen molar-refractivity contribution in [1.29, 1.82) is 0 Å². The third-order valence-electron chi connectivity index (χ3n) is 5.17. The molecule has 0 radical (unpaired) electrons. The van der Waals surface area contributed by atoms with Gasteiger partial charge in [0.15, 0.2) is 11.0 Å². The fraction of sp³-hybridized carbons (Fsp3) is 0.0833. The first-order valence-electron chi connectivity index (χ1n) is 10.8. The van der Waals surface area contributed by atoms with Gasteiger partial charge < -0.3 is 10.6 Å². The Morgan fingerprint density at radius 1 is 1.08 bits per heavy atom. The molecule has 0 fully saturated rings. The molecule has 2 aromatic carbocycles. The number of halogens is 4. The zero-order chi connectivity index (χ0) is 26.2. The summed E-state index contributed by atoms with van der Waals surface area (Å²) in [5.41, 5.74) is 0.278. The van der Waals surface area contributed by atoms with E-state index in [9.17, 15) is 18.0 Å². The van der Waals surface area contributed by atoms with Crippen LogP contribution in [0.25, 0.3) is 5.65 Å². The van der Waals surface area contributed by atoms with Crippen LogP contribution in [0, 0.1) is 6.92 Å². The topological polar surface area (TPSA) is 100 Å². The van der Waals surface area contributed by atoms with Crippen LogP contribution in [-0.2, 0) is 6.18 Å². The molecule has 37 heavy (non-hydrogen) atoms. The minimum Gasteiger partial charge on any atom is -0.322 e. The number of amides is 1. The van der Waals surface area contributed by atoms with Crippen LogP contribution in [0.4, 0.5) is 30.6 Å². The molecule has 0 aliphatic carbocycles. The molecular formula is C24H17ClF3N7OS. The molecule has 0 atom stereocenters. The molecule has 5 rings (SSSR count). The highest BCUT2D eigenvalue weighted by molar-refractivity contribution is 7.99. The number of fused-ring (bicyclic) bond motifs is 1. The molecule has 3 heterocycles. The van der Waals surface area contributed by atoms with Crippen molar-refractivity contribution in [2.75, 3.05) is 10.6 Å². The quantitative estimate of drug-likeness (QED) is 0.224. The summed E-state index contributed by atoms with van der Waals surface area (Å²) in [5, 5.41) is 13.2. The van der Waals surface area contributed by atoms with Gasteiger partial charge in [0.05, 0.1) is 11.1 Å². The molecule has 0 saturated carbocycles. The van der Waals surface area contributed by atoms with Crippen LogP contribution in [-0.4, -0.2) is 30.5 Å². The van der Waals surface area contributed by atoms with Crippen molar-refractivity contribution in [3.8, 4) is 0 Å². The molecule has 0 unspecified atom stereocenters. The molecule has 188 valence electrons. The average Bonchev–Trinajstić information content (AvgIpc) is 3.48. The van der Waals surface area contributed by atoms with E-state index in [-0.39, 0.29) is 5.02 Å². The number of aromatic nitrogens is 5. The van der Waals surface area contributed by atoms with Crippen LogP contribution in [0.3, 0.4) is 0 Å². The number of benzene rings is 2. The average molecular weight is 544 g/mol. The summed E-state index contributed by atoms with van der Waals surface area (Å²) in [4.78, 5) is 22.5. The van der Waals surface area contributed by atoms with Crippen molar-refractivity contribution in [2.45, 2.75) is 23.2 Å². The highest BCUT2D eigenvalue weighted by Gasteiger charge is 2.35. The standard InChI is InChI=1S/C24H17ClF3N7OS/c1-13-11-19(34-33-13)30-22-32-23(31-20-3-2-10-35(20)22)37-16-7-5-15(6-8-16)29-21(36)17-12-14(25)4-9-18(17)24(26,27)28/h2-12H,1H3,(H,29,36)(H2,30,31,32,33,34). The Kier molecular flexibility index (Phi) is 6.52. The van der Waals surface area contributed by atoms with E-state index in [2.05, 4.69) is 30.8 Å². The number of alkyl halides is 3. The normalized spacial score (nSPS) is 11.6. The summed E-state index contributed by atoms with van der Waals surface area (Å²) in [7, 11) is 0. The van der Waals surface area contributed by atoms with Crippen molar-refractivity contribution in [3.63, 3.8) is 0 Å². The first-order chi connectivity index (χ1) is 17.7. The van der Waals surface area contributed by atoms with Gasteiger partial charge in [-0.1, -0.05) is 11.6 Å². The number of anilines is 3. The Balaban J connectivity index is 1.33. The Morgan fingerprint density at radius 2 is 1.86 bits per heavy atom. The van der Waals surface area contributed by atoms with E-state index in [4.69, 9.17) is 11.6 Å². The third-order valence-corrected chi connectivity index (χ3v) is 6.27. The minimum atomic E-state index is -4.69. The first kappa shape index (κ1) is 24.7. The van der Waals surface area contributed by atoms with E-state index in [1.165, 1.54) is 11.8 Å². The number of carbonyl (C=O) groups excluding carboxylic acids is 1. The van der Waals surface area contributed by atoms with Gasteiger partial charge in [-0.3, -0.25) is 14.3 Å². The van der Waals surface area contributed by atoms with Crippen LogP contribution in [0.2, 0.25) is 5.02 Å². The zero-order valence-corrected chi connectivity index (χ0v) is 20.5. The molecule has 13 heteroatoms. The van der Waals surface area contributed by atoms with Gasteiger partial charge in [0, 0.05) is 33.6 Å². The number of aryl methyl sites for hydroxylation is 1. The van der Waals surface area contributed by atoms with Crippen LogP contribution < -0.4 is 10.6 Å². The summed E-state index contributed by atoms with van der Waals surface area (Å²) >= 11 is 7.11. The fourth-order valence-corrected chi connectivity index (χ4v) is 4.43. The largest absolute Gasteiger partial charge is 0.417 e. The summed E-state index contributed by atoms with van der Waals surface area (Å²) in [6.45, 7) is 1.89. The molecule has 8 nitrogen and oxygen atoms in total. The zero-order valence-electron chi connectivity index (χ0n) is 19.0. The lowest BCUT2D eigenvalue weighted by Crippen LogP contribution is -2.18. The number of nitrogens with zero attached hydrogens (tertiary/aromatic N) is 4. The van der Waals surface area contributed by atoms with Gasteiger partial charge in [0.25, 0.3) is 5.91 Å². The molecule has 1 amide bonds. The molecule has 0 aliphatic rings. The second kappa shape index (κ2) is 9.79. The second-order valence-corrected chi connectivity index (χ2v) is 9.37.